The van der Waals surface area contributed by atoms with Gasteiger partial charge in [-0.05, 0) is 49.5 Å². The van der Waals surface area contributed by atoms with Crippen molar-refractivity contribution in [3.63, 3.8) is 0 Å². The van der Waals surface area contributed by atoms with Gasteiger partial charge in [0.2, 0.25) is 10.0 Å². The minimum absolute atomic E-state index is 0.0388. The largest absolute Gasteiger partial charge is 0.243 e. The average Bonchev–Trinajstić information content (AvgIpc) is 3.18. The molecule has 2 atom stereocenters. The Morgan fingerprint density at radius 1 is 0.844 bits per heavy atom. The normalized spacial score (nSPS) is 19.8. The summed E-state index contributed by atoms with van der Waals surface area (Å²) in [6.45, 7) is 6.78. The molecule has 0 unspecified atom stereocenters. The molecule has 3 aromatic carbocycles. The summed E-state index contributed by atoms with van der Waals surface area (Å²) in [6.07, 6.45) is 1.78. The van der Waals surface area contributed by atoms with E-state index >= 15 is 0 Å². The Kier molecular flexibility index (Phi) is 6.70. The van der Waals surface area contributed by atoms with Gasteiger partial charge in [0.15, 0.2) is 0 Å². The number of nitrogens with zero attached hydrogens (tertiary/aromatic N) is 1. The fraction of sp³-hybridized carbons (Fsp3) is 0.333. The zero-order valence-electron chi connectivity index (χ0n) is 19.2. The van der Waals surface area contributed by atoms with Crippen LogP contribution in [0.4, 0.5) is 0 Å². The van der Waals surface area contributed by atoms with Crippen LogP contribution < -0.4 is 0 Å². The van der Waals surface area contributed by atoms with Gasteiger partial charge in [-0.2, -0.15) is 4.31 Å². The number of benzene rings is 3. The number of hydrogen-bond acceptors (Lipinski definition) is 2. The van der Waals surface area contributed by atoms with Crippen LogP contribution in [-0.4, -0.2) is 26.8 Å². The average molecular weight is 464 g/mol. The van der Waals surface area contributed by atoms with Crippen LogP contribution in [-0.2, 0) is 16.1 Å². The van der Waals surface area contributed by atoms with Gasteiger partial charge in [0.25, 0.3) is 0 Å². The molecule has 168 valence electrons. The van der Waals surface area contributed by atoms with Crippen molar-refractivity contribution < 1.29 is 8.42 Å². The standard InChI is InChI=1S/C27H33NO2SSi/c1-22-14-17-26(18-15-22)31(29,30)28-25(16-19-27(28)24-12-8-5-9-13-24)21-32(2,3)20-23-10-6-4-7-11-23/h4-15,17-18,25,27H,16,19-21H2,1-3H3/t25-,27-/m1/s1. The maximum absolute atomic E-state index is 13.9. The number of hydrogen-bond donors (Lipinski definition) is 0. The van der Waals surface area contributed by atoms with Crippen LogP contribution in [0, 0.1) is 6.92 Å². The number of rotatable bonds is 7. The van der Waals surface area contributed by atoms with E-state index < -0.39 is 18.1 Å². The molecule has 4 rings (SSSR count). The lowest BCUT2D eigenvalue weighted by Crippen LogP contribution is -2.43. The molecule has 0 N–H and O–H groups in total. The van der Waals surface area contributed by atoms with E-state index in [0.29, 0.717) is 4.90 Å². The van der Waals surface area contributed by atoms with Gasteiger partial charge in [0.1, 0.15) is 0 Å². The maximum Gasteiger partial charge on any atom is 0.243 e. The van der Waals surface area contributed by atoms with Crippen LogP contribution >= 0.6 is 0 Å². The molecule has 1 heterocycles. The molecule has 1 saturated heterocycles. The molecule has 1 aliphatic heterocycles. The van der Waals surface area contributed by atoms with E-state index in [1.165, 1.54) is 5.56 Å². The summed E-state index contributed by atoms with van der Waals surface area (Å²) in [5.41, 5.74) is 3.51. The van der Waals surface area contributed by atoms with Gasteiger partial charge in [-0.15, -0.1) is 0 Å². The fourth-order valence-electron chi connectivity index (χ4n) is 5.09. The van der Waals surface area contributed by atoms with E-state index in [1.54, 1.807) is 12.1 Å². The minimum Gasteiger partial charge on any atom is -0.207 e. The SMILES string of the molecule is Cc1ccc(S(=O)(=O)N2[C@@H](C[Si](C)(C)Cc3ccccc3)CC[C@@H]2c2ccccc2)cc1. The molecule has 0 spiro atoms. The van der Waals surface area contributed by atoms with Gasteiger partial charge in [-0.25, -0.2) is 8.42 Å². The summed E-state index contributed by atoms with van der Waals surface area (Å²) in [4.78, 5) is 0.401. The van der Waals surface area contributed by atoms with E-state index in [0.717, 1.165) is 36.1 Å². The zero-order valence-corrected chi connectivity index (χ0v) is 21.1. The Hall–Kier alpha value is -2.21. The first kappa shape index (κ1) is 23.0. The summed E-state index contributed by atoms with van der Waals surface area (Å²) in [7, 11) is -5.27. The molecule has 3 nitrogen and oxygen atoms in total. The van der Waals surface area contributed by atoms with Crippen molar-refractivity contribution in [1.82, 2.24) is 4.31 Å². The van der Waals surface area contributed by atoms with Crippen LogP contribution in [0.15, 0.2) is 89.8 Å². The molecule has 5 heteroatoms. The van der Waals surface area contributed by atoms with Gasteiger partial charge in [0, 0.05) is 6.04 Å². The minimum atomic E-state index is -3.59. The third-order valence-corrected chi connectivity index (χ3v) is 11.5. The summed E-state index contributed by atoms with van der Waals surface area (Å²) < 4.78 is 29.7. The first-order valence-electron chi connectivity index (χ1n) is 11.5. The molecule has 1 fully saturated rings. The van der Waals surface area contributed by atoms with Gasteiger partial charge >= 0.3 is 0 Å². The summed E-state index contributed by atoms with van der Waals surface area (Å²) in [6, 6.07) is 30.0. The lowest BCUT2D eigenvalue weighted by Gasteiger charge is -2.34. The quantitative estimate of drug-likeness (QED) is 0.381. The van der Waals surface area contributed by atoms with Gasteiger partial charge in [-0.3, -0.25) is 0 Å². The smallest absolute Gasteiger partial charge is 0.207 e. The second kappa shape index (κ2) is 9.34. The Labute approximate surface area is 194 Å². The molecular weight excluding hydrogens is 430 g/mol. The summed E-state index contributed by atoms with van der Waals surface area (Å²) in [5, 5.41) is 0. The molecule has 0 aromatic heterocycles. The molecule has 0 amide bonds. The molecule has 0 bridgehead atoms. The fourth-order valence-corrected chi connectivity index (χ4v) is 10.2. The lowest BCUT2D eigenvalue weighted by molar-refractivity contribution is 0.338. The third-order valence-electron chi connectivity index (χ3n) is 6.53. The van der Waals surface area contributed by atoms with E-state index in [9.17, 15) is 8.42 Å². The van der Waals surface area contributed by atoms with E-state index in [2.05, 4.69) is 55.6 Å². The molecule has 0 saturated carbocycles. The third kappa shape index (κ3) is 5.06. The van der Waals surface area contributed by atoms with E-state index in [1.807, 2.05) is 41.6 Å². The van der Waals surface area contributed by atoms with Crippen molar-refractivity contribution in [1.29, 1.82) is 0 Å². The Bertz CT molecular complexity index is 1130. The van der Waals surface area contributed by atoms with Crippen LogP contribution in [0.25, 0.3) is 0 Å². The van der Waals surface area contributed by atoms with E-state index in [-0.39, 0.29) is 12.1 Å². The molecule has 0 radical (unpaired) electrons. The highest BCUT2D eigenvalue weighted by Gasteiger charge is 2.44. The second-order valence-corrected chi connectivity index (χ2v) is 16.8. The molecule has 32 heavy (non-hydrogen) atoms. The van der Waals surface area contributed by atoms with Crippen molar-refractivity contribution in [3.05, 3.63) is 102 Å². The second-order valence-electron chi connectivity index (χ2n) is 9.84. The van der Waals surface area contributed by atoms with Crippen LogP contribution in [0.3, 0.4) is 0 Å². The Morgan fingerprint density at radius 2 is 1.44 bits per heavy atom. The topological polar surface area (TPSA) is 37.4 Å². The molecule has 1 aliphatic rings. The molecule has 0 aliphatic carbocycles. The van der Waals surface area contributed by atoms with E-state index in [4.69, 9.17) is 0 Å². The monoisotopic (exact) mass is 463 g/mol. The summed E-state index contributed by atoms with van der Waals surface area (Å²) >= 11 is 0. The predicted molar refractivity (Wildman–Crippen MR) is 135 cm³/mol. The predicted octanol–water partition coefficient (Wildman–Crippen LogP) is 6.38. The van der Waals surface area contributed by atoms with Crippen molar-refractivity contribution in [2.24, 2.45) is 0 Å². The van der Waals surface area contributed by atoms with Crippen molar-refractivity contribution in [3.8, 4) is 0 Å². The first-order valence-corrected chi connectivity index (χ1v) is 16.3. The molecular formula is C27H33NO2SSi. The van der Waals surface area contributed by atoms with Crippen molar-refractivity contribution >= 4 is 18.1 Å². The highest BCUT2D eigenvalue weighted by atomic mass is 32.2. The Morgan fingerprint density at radius 3 is 2.06 bits per heavy atom. The zero-order chi connectivity index (χ0) is 22.8. The van der Waals surface area contributed by atoms with Crippen LogP contribution in [0.1, 0.15) is 35.6 Å². The molecule has 3 aromatic rings. The lowest BCUT2D eigenvalue weighted by atomic mass is 10.1. The number of sulfonamides is 1. The van der Waals surface area contributed by atoms with Crippen molar-refractivity contribution in [2.45, 2.75) is 61.9 Å². The Balaban J connectivity index is 1.67. The summed E-state index contributed by atoms with van der Waals surface area (Å²) in [5.74, 6) is 0. The van der Waals surface area contributed by atoms with Gasteiger partial charge < -0.3 is 0 Å². The highest BCUT2D eigenvalue weighted by Crippen LogP contribution is 2.43. The van der Waals surface area contributed by atoms with Crippen LogP contribution in [0.2, 0.25) is 19.1 Å². The highest BCUT2D eigenvalue weighted by molar-refractivity contribution is 7.89. The van der Waals surface area contributed by atoms with Crippen molar-refractivity contribution in [2.75, 3.05) is 0 Å². The van der Waals surface area contributed by atoms with Gasteiger partial charge in [-0.1, -0.05) is 97.0 Å². The van der Waals surface area contributed by atoms with Crippen LogP contribution in [0.5, 0.6) is 0 Å². The maximum atomic E-state index is 13.9. The van der Waals surface area contributed by atoms with Gasteiger partial charge in [0.05, 0.1) is 19.0 Å². The first-order chi connectivity index (χ1) is 15.3. The number of aryl methyl sites for hydroxylation is 1.